The minimum Gasteiger partial charge on any atom is -0.335 e. The van der Waals surface area contributed by atoms with Crippen molar-refractivity contribution in [2.75, 3.05) is 13.3 Å². The molecule has 0 fully saturated rings. The smallest absolute Gasteiger partial charge is 0.256 e. The van der Waals surface area contributed by atoms with E-state index in [4.69, 9.17) is 0 Å². The van der Waals surface area contributed by atoms with E-state index in [1.165, 1.54) is 36.2 Å². The summed E-state index contributed by atoms with van der Waals surface area (Å²) in [7, 11) is -0.0232. The summed E-state index contributed by atoms with van der Waals surface area (Å²) < 4.78 is 42.9. The maximum atomic E-state index is 14.8. The van der Waals surface area contributed by atoms with Crippen molar-refractivity contribution in [2.45, 2.75) is 25.9 Å². The lowest BCUT2D eigenvalue weighted by atomic mass is 9.99. The Labute approximate surface area is 238 Å². The zero-order valence-electron chi connectivity index (χ0n) is 22.8. The highest BCUT2D eigenvalue weighted by atomic mass is 32.2. The van der Waals surface area contributed by atoms with Crippen molar-refractivity contribution in [3.8, 4) is 16.9 Å². The Morgan fingerprint density at radius 2 is 1.80 bits per heavy atom. The molecule has 0 amide bonds. The summed E-state index contributed by atoms with van der Waals surface area (Å²) in [5, 5.41) is 5.63. The van der Waals surface area contributed by atoms with Crippen LogP contribution in [0.5, 0.6) is 0 Å². The molecular weight excluding hydrogens is 552 g/mol. The summed E-state index contributed by atoms with van der Waals surface area (Å²) in [5.41, 5.74) is 1.73. The third kappa shape index (κ3) is 6.26. The fraction of sp³-hybridized carbons (Fsp3) is 0.172. The average Bonchev–Trinajstić information content (AvgIpc) is 2.94. The summed E-state index contributed by atoms with van der Waals surface area (Å²) in [5.74, 6) is -1.88. The molecule has 4 rings (SSSR count). The van der Waals surface area contributed by atoms with Gasteiger partial charge in [0.25, 0.3) is 5.56 Å². The molecule has 0 spiro atoms. The maximum Gasteiger partial charge on any atom is 0.256 e. The predicted octanol–water partition coefficient (Wildman–Crippen LogP) is 6.22. The van der Waals surface area contributed by atoms with Crippen molar-refractivity contribution in [1.29, 1.82) is 0 Å². The Morgan fingerprint density at radius 1 is 1.12 bits per heavy atom. The second-order valence-corrected chi connectivity index (χ2v) is 10.3. The van der Waals surface area contributed by atoms with E-state index >= 15 is 0 Å². The molecule has 0 aliphatic heterocycles. The molecule has 0 aliphatic carbocycles. The highest BCUT2D eigenvalue weighted by Gasteiger charge is 2.21. The van der Waals surface area contributed by atoms with Gasteiger partial charge in [0.2, 0.25) is 5.16 Å². The summed E-state index contributed by atoms with van der Waals surface area (Å²) in [4.78, 5) is 25.9. The predicted molar refractivity (Wildman–Crippen MR) is 162 cm³/mol. The number of nitrogens with zero attached hydrogens (tertiary/aromatic N) is 4. The normalized spacial score (nSPS) is 11.9. The molecule has 2 aromatic carbocycles. The van der Waals surface area contributed by atoms with E-state index in [2.05, 4.69) is 33.4 Å². The van der Waals surface area contributed by atoms with Crippen LogP contribution in [0.1, 0.15) is 25.0 Å². The van der Waals surface area contributed by atoms with E-state index in [0.717, 1.165) is 27.8 Å². The number of nitrogens with one attached hydrogen (secondary N) is 1. The number of aliphatic imine (C=N–C) groups is 1. The Hall–Kier alpha value is -3.96. The topological polar surface area (TPSA) is 89.2 Å². The fourth-order valence-electron chi connectivity index (χ4n) is 3.83. The van der Waals surface area contributed by atoms with Crippen LogP contribution >= 0.6 is 11.8 Å². The lowest BCUT2D eigenvalue weighted by molar-refractivity contribution is 0.568. The van der Waals surface area contributed by atoms with Gasteiger partial charge in [-0.15, -0.1) is 0 Å². The van der Waals surface area contributed by atoms with Crippen LogP contribution in [0.3, 0.4) is 0 Å². The third-order valence-corrected chi connectivity index (χ3v) is 7.02. The molecule has 1 unspecified atom stereocenters. The molecule has 1 N–H and O–H groups in total. The second-order valence-electron chi connectivity index (χ2n) is 8.07. The van der Waals surface area contributed by atoms with Crippen LogP contribution in [-0.4, -0.2) is 37.2 Å². The minimum absolute atomic E-state index is 0.0683. The van der Waals surface area contributed by atoms with Crippen LogP contribution in [0.25, 0.3) is 33.7 Å². The molecule has 11 heteroatoms. The van der Waals surface area contributed by atoms with Gasteiger partial charge in [-0.3, -0.25) is 18.6 Å². The summed E-state index contributed by atoms with van der Waals surface area (Å²) in [6.45, 7) is 13.7. The molecule has 2 aromatic heterocycles. The van der Waals surface area contributed by atoms with Crippen molar-refractivity contribution in [3.05, 3.63) is 100 Å². The minimum atomic E-state index is -1.67. The standard InChI is InChI=1S/C27H23F2N5O2S2.C2H6/c1-6-37-26(30-4)31-16(3)17-11-10-15(2)19(14-17)23-18-12-13-22(35)34(24-20(28)8-7-9-21(24)29)25(18)33-27(32-23)38(5)36;1-2/h6-14H,1,3H2,2,4-5H3,(H,30,31);1-2H3. The monoisotopic (exact) mass is 581 g/mol. The number of thioether (sulfide) groups is 1. The molecule has 0 bridgehead atoms. The lowest BCUT2D eigenvalue weighted by Crippen LogP contribution is -2.21. The number of rotatable bonds is 6. The zero-order chi connectivity index (χ0) is 29.6. The fourth-order valence-corrected chi connectivity index (χ4v) is 4.71. The first-order valence-corrected chi connectivity index (χ1v) is 14.6. The molecule has 7 nitrogen and oxygen atoms in total. The zero-order valence-corrected chi connectivity index (χ0v) is 24.4. The van der Waals surface area contributed by atoms with Gasteiger partial charge in [-0.05, 0) is 47.7 Å². The van der Waals surface area contributed by atoms with Gasteiger partial charge >= 0.3 is 0 Å². The molecule has 4 aromatic rings. The average molecular weight is 582 g/mol. The second kappa shape index (κ2) is 13.4. The van der Waals surface area contributed by atoms with Crippen LogP contribution in [0.15, 0.2) is 82.0 Å². The third-order valence-electron chi connectivity index (χ3n) is 5.65. The molecule has 208 valence electrons. The Kier molecular flexibility index (Phi) is 10.2. The number of hydrogen-bond acceptors (Lipinski definition) is 6. The summed E-state index contributed by atoms with van der Waals surface area (Å²) in [6.07, 6.45) is 1.39. The number of aryl methyl sites for hydroxylation is 1. The Morgan fingerprint density at radius 3 is 2.40 bits per heavy atom. The van der Waals surface area contributed by atoms with Crippen molar-refractivity contribution in [2.24, 2.45) is 4.99 Å². The molecule has 0 radical (unpaired) electrons. The van der Waals surface area contributed by atoms with Gasteiger partial charge in [0, 0.05) is 36.0 Å². The van der Waals surface area contributed by atoms with Gasteiger partial charge in [-0.25, -0.2) is 18.7 Å². The highest BCUT2D eigenvalue weighted by molar-refractivity contribution is 8.16. The number of fused-ring (bicyclic) bond motifs is 1. The van der Waals surface area contributed by atoms with Crippen LogP contribution in [-0.2, 0) is 10.8 Å². The molecule has 1 atom stereocenters. The molecular formula is C29H29F2N5O2S2. The van der Waals surface area contributed by atoms with Gasteiger partial charge < -0.3 is 5.32 Å². The number of amidine groups is 1. The molecule has 2 heterocycles. The first kappa shape index (κ1) is 30.6. The summed E-state index contributed by atoms with van der Waals surface area (Å²) >= 11 is 1.31. The van der Waals surface area contributed by atoms with E-state index in [9.17, 15) is 17.8 Å². The largest absolute Gasteiger partial charge is 0.335 e. The van der Waals surface area contributed by atoms with E-state index < -0.39 is 33.7 Å². The number of para-hydroxylation sites is 1. The molecule has 0 saturated heterocycles. The first-order valence-electron chi connectivity index (χ1n) is 12.2. The number of pyridine rings is 1. The number of aromatic nitrogens is 3. The van der Waals surface area contributed by atoms with Crippen LogP contribution in [0.2, 0.25) is 0 Å². The number of hydrogen-bond donors (Lipinski definition) is 1. The Balaban J connectivity index is 0.00000216. The van der Waals surface area contributed by atoms with Gasteiger partial charge in [-0.1, -0.05) is 57.0 Å². The van der Waals surface area contributed by atoms with Crippen molar-refractivity contribution in [3.63, 3.8) is 0 Å². The van der Waals surface area contributed by atoms with Gasteiger partial charge in [0.1, 0.15) is 17.3 Å². The van der Waals surface area contributed by atoms with Gasteiger partial charge in [0.15, 0.2) is 10.8 Å². The number of benzene rings is 2. The van der Waals surface area contributed by atoms with Crippen molar-refractivity contribution >= 4 is 44.5 Å². The summed E-state index contributed by atoms with van der Waals surface area (Å²) in [6, 6.07) is 11.6. The van der Waals surface area contributed by atoms with Gasteiger partial charge in [0.05, 0.1) is 16.5 Å². The SMILES string of the molecule is C=CSC(=NC)NC(=C)c1ccc(C)c(-c2nc(S(C)=O)nc3c2ccc(=O)n3-c2c(F)cccc2F)c1.CC. The van der Waals surface area contributed by atoms with Crippen LogP contribution in [0.4, 0.5) is 8.78 Å². The molecule has 0 aliphatic rings. The maximum absolute atomic E-state index is 14.8. The van der Waals surface area contributed by atoms with Crippen molar-refractivity contribution in [1.82, 2.24) is 19.9 Å². The lowest BCUT2D eigenvalue weighted by Gasteiger charge is -2.16. The van der Waals surface area contributed by atoms with E-state index in [0.29, 0.717) is 27.5 Å². The van der Waals surface area contributed by atoms with Crippen molar-refractivity contribution < 1.29 is 13.0 Å². The van der Waals surface area contributed by atoms with E-state index in [-0.39, 0.29) is 10.8 Å². The van der Waals surface area contributed by atoms with E-state index in [1.54, 1.807) is 12.5 Å². The Bertz CT molecular complexity index is 1700. The highest BCUT2D eigenvalue weighted by Crippen LogP contribution is 2.32. The quantitative estimate of drug-likeness (QED) is 0.165. The molecule has 0 saturated carbocycles. The van der Waals surface area contributed by atoms with Crippen LogP contribution in [0, 0.1) is 18.6 Å². The van der Waals surface area contributed by atoms with Gasteiger partial charge in [-0.2, -0.15) is 0 Å². The molecule has 40 heavy (non-hydrogen) atoms. The van der Waals surface area contributed by atoms with E-state index in [1.807, 2.05) is 39.0 Å². The first-order chi connectivity index (χ1) is 19.2. The van der Waals surface area contributed by atoms with Crippen LogP contribution < -0.4 is 10.9 Å². The number of halogens is 2.